The molecule has 0 nitrogen and oxygen atoms in total. The summed E-state index contributed by atoms with van der Waals surface area (Å²) in [7, 11) is 0. The van der Waals surface area contributed by atoms with E-state index in [9.17, 15) is 0 Å². The van der Waals surface area contributed by atoms with E-state index in [0.29, 0.717) is 0 Å². The molecule has 0 aromatic heterocycles. The standard InChI is InChI=1S/C8H8.Ar/c1-2-8-6-4-3-5-7-8;/h2-7H,1H2;. The van der Waals surface area contributed by atoms with Crippen LogP contribution in [-0.4, -0.2) is 0 Å². The Hall–Kier alpha value is 0.220. The summed E-state index contributed by atoms with van der Waals surface area (Å²) < 4.78 is 0. The molecule has 0 N–H and O–H groups in total. The molecule has 1 aromatic rings. The Balaban J connectivity index is 0.000000640. The van der Waals surface area contributed by atoms with Crippen LogP contribution >= 0.6 is 0 Å². The fourth-order valence-corrected chi connectivity index (χ4v) is 0.589. The van der Waals surface area contributed by atoms with Gasteiger partial charge in [0, 0.05) is 37.7 Å². The van der Waals surface area contributed by atoms with Crippen LogP contribution < -0.4 is 0 Å². The van der Waals surface area contributed by atoms with E-state index >= 15 is 0 Å². The summed E-state index contributed by atoms with van der Waals surface area (Å²) >= 11 is 0. The van der Waals surface area contributed by atoms with Crippen LogP contribution in [0.5, 0.6) is 0 Å². The maximum Gasteiger partial charge on any atom is 0 e. The molecule has 9 heavy (non-hydrogen) atoms. The predicted octanol–water partition coefficient (Wildman–Crippen LogP) is 2.33. The second-order valence-corrected chi connectivity index (χ2v) is 1.61. The van der Waals surface area contributed by atoms with Crippen LogP contribution in [0.15, 0.2) is 36.9 Å². The number of hydrogen-bond donors (Lipinski definition) is 0. The fraction of sp³-hybridized carbons (Fsp3) is 0. The normalized spacial score (nSPS) is 7.56. The molecular weight excluding hydrogens is 136 g/mol. The van der Waals surface area contributed by atoms with Crippen LogP contribution in [0.1, 0.15) is 5.56 Å². The molecule has 0 bridgehead atoms. The molecule has 0 radical (unpaired) electrons. The van der Waals surface area contributed by atoms with Gasteiger partial charge >= 0.3 is 0 Å². The molecule has 0 unspecified atom stereocenters. The summed E-state index contributed by atoms with van der Waals surface area (Å²) in [6.07, 6.45) is 1.83. The number of hydrogen-bond acceptors (Lipinski definition) is 0. The van der Waals surface area contributed by atoms with Crippen molar-refractivity contribution in [1.82, 2.24) is 0 Å². The Kier molecular flexibility index (Phi) is 5.16. The maximum absolute atomic E-state index is 3.63. The number of rotatable bonds is 1. The average molecular weight is 144 g/mol. The van der Waals surface area contributed by atoms with Crippen LogP contribution in [0.25, 0.3) is 6.08 Å². The van der Waals surface area contributed by atoms with Crippen molar-refractivity contribution in [3.05, 3.63) is 42.5 Å². The minimum absolute atomic E-state index is 0. The summed E-state index contributed by atoms with van der Waals surface area (Å²) in [4.78, 5) is 0. The third kappa shape index (κ3) is 3.04. The molecule has 0 spiro atoms. The van der Waals surface area contributed by atoms with E-state index in [0.717, 1.165) is 0 Å². The first-order valence-corrected chi connectivity index (χ1v) is 2.61. The zero-order valence-electron chi connectivity index (χ0n) is 5.02. The molecular formula is C8H8Ar. The first kappa shape index (κ1) is 9.22. The molecule has 0 aliphatic carbocycles. The molecule has 48 valence electrons. The molecule has 0 saturated heterocycles. The summed E-state index contributed by atoms with van der Waals surface area (Å²) in [6, 6.07) is 10.0. The van der Waals surface area contributed by atoms with Crippen molar-refractivity contribution in [1.29, 1.82) is 0 Å². The van der Waals surface area contributed by atoms with Gasteiger partial charge in [0.05, 0.1) is 0 Å². The third-order valence-corrected chi connectivity index (χ3v) is 1.04. The molecule has 1 aromatic carbocycles. The predicted molar refractivity (Wildman–Crippen MR) is 36.5 cm³/mol. The van der Waals surface area contributed by atoms with E-state index in [1.807, 2.05) is 36.4 Å². The van der Waals surface area contributed by atoms with Crippen molar-refractivity contribution in [2.45, 2.75) is 0 Å². The van der Waals surface area contributed by atoms with Crippen LogP contribution in [0, 0.1) is 37.7 Å². The van der Waals surface area contributed by atoms with Crippen molar-refractivity contribution in [3.63, 3.8) is 0 Å². The van der Waals surface area contributed by atoms with Gasteiger partial charge in [0.25, 0.3) is 0 Å². The van der Waals surface area contributed by atoms with Gasteiger partial charge in [0.2, 0.25) is 0 Å². The van der Waals surface area contributed by atoms with Crippen molar-refractivity contribution < 1.29 is 37.7 Å². The van der Waals surface area contributed by atoms with Gasteiger partial charge in [-0.2, -0.15) is 0 Å². The fourth-order valence-electron chi connectivity index (χ4n) is 0.589. The Morgan fingerprint density at radius 3 is 2.00 bits per heavy atom. The van der Waals surface area contributed by atoms with Gasteiger partial charge in [0.15, 0.2) is 0 Å². The third-order valence-electron chi connectivity index (χ3n) is 1.04. The SMILES string of the molecule is C=Cc1ccccc1.[Ar]. The van der Waals surface area contributed by atoms with Crippen molar-refractivity contribution in [3.8, 4) is 0 Å². The van der Waals surface area contributed by atoms with E-state index in [2.05, 4.69) is 6.58 Å². The molecule has 0 amide bonds. The van der Waals surface area contributed by atoms with Gasteiger partial charge in [-0.05, 0) is 5.56 Å². The van der Waals surface area contributed by atoms with E-state index in [-0.39, 0.29) is 37.7 Å². The van der Waals surface area contributed by atoms with E-state index in [1.165, 1.54) is 5.56 Å². The minimum atomic E-state index is 0. The molecule has 0 aliphatic rings. The van der Waals surface area contributed by atoms with Gasteiger partial charge < -0.3 is 0 Å². The molecule has 1 heteroatoms. The Bertz CT molecular complexity index is 167. The second kappa shape index (κ2) is 5.04. The van der Waals surface area contributed by atoms with E-state index in [4.69, 9.17) is 0 Å². The summed E-state index contributed by atoms with van der Waals surface area (Å²) in [5.41, 5.74) is 1.17. The summed E-state index contributed by atoms with van der Waals surface area (Å²) in [6.45, 7) is 3.63. The molecule has 0 atom stereocenters. The van der Waals surface area contributed by atoms with Crippen molar-refractivity contribution in [2.24, 2.45) is 0 Å². The summed E-state index contributed by atoms with van der Waals surface area (Å²) in [5.74, 6) is 0. The molecule has 0 heterocycles. The second-order valence-electron chi connectivity index (χ2n) is 1.61. The molecule has 1 rings (SSSR count). The van der Waals surface area contributed by atoms with E-state index in [1.54, 1.807) is 0 Å². The molecule has 0 aliphatic heterocycles. The van der Waals surface area contributed by atoms with Crippen molar-refractivity contribution in [2.75, 3.05) is 0 Å². The van der Waals surface area contributed by atoms with Crippen LogP contribution in [0.3, 0.4) is 0 Å². The first-order chi connectivity index (χ1) is 3.93. The van der Waals surface area contributed by atoms with Gasteiger partial charge in [-0.25, -0.2) is 0 Å². The maximum atomic E-state index is 3.63. The topological polar surface area (TPSA) is 0 Å². The first-order valence-electron chi connectivity index (χ1n) is 2.61. The average Bonchev–Trinajstić information content (AvgIpc) is 1.90. The quantitative estimate of drug-likeness (QED) is 0.567. The molecule has 0 saturated carbocycles. The Labute approximate surface area is 85.6 Å². The van der Waals surface area contributed by atoms with Gasteiger partial charge in [0.1, 0.15) is 0 Å². The smallest absolute Gasteiger partial charge is 0 e. The van der Waals surface area contributed by atoms with E-state index < -0.39 is 0 Å². The summed E-state index contributed by atoms with van der Waals surface area (Å²) in [5, 5.41) is 0. The van der Waals surface area contributed by atoms with Crippen molar-refractivity contribution >= 4 is 6.08 Å². The van der Waals surface area contributed by atoms with Gasteiger partial charge in [-0.15, -0.1) is 0 Å². The Morgan fingerprint density at radius 2 is 1.67 bits per heavy atom. The van der Waals surface area contributed by atoms with Gasteiger partial charge in [-0.3, -0.25) is 0 Å². The monoisotopic (exact) mass is 144 g/mol. The van der Waals surface area contributed by atoms with Crippen LogP contribution in [-0.2, 0) is 0 Å². The Morgan fingerprint density at radius 1 is 1.11 bits per heavy atom. The van der Waals surface area contributed by atoms with Gasteiger partial charge in [-0.1, -0.05) is 43.0 Å². The van der Waals surface area contributed by atoms with Crippen LogP contribution in [0.2, 0.25) is 0 Å². The van der Waals surface area contributed by atoms with Crippen LogP contribution in [0.4, 0.5) is 0 Å². The molecule has 0 fully saturated rings. The zero-order chi connectivity index (χ0) is 5.82. The number of benzene rings is 1. The largest absolute Gasteiger partial charge is 0.0985 e. The zero-order valence-corrected chi connectivity index (χ0v) is 5.73. The minimum Gasteiger partial charge on any atom is -0.0985 e.